The molecule has 3 nitrogen and oxygen atoms in total. The molecule has 2 aromatic rings. The Bertz CT molecular complexity index is 488. The van der Waals surface area contributed by atoms with Crippen LogP contribution in [-0.4, -0.2) is 16.1 Å². The number of rotatable bonds is 6. The van der Waals surface area contributed by atoms with E-state index in [1.54, 1.807) is 0 Å². The molecule has 19 heavy (non-hydrogen) atoms. The van der Waals surface area contributed by atoms with E-state index in [1.165, 1.54) is 28.2 Å². The molecule has 4 heteroatoms. The lowest BCUT2D eigenvalue weighted by Gasteiger charge is -2.16. The van der Waals surface area contributed by atoms with Crippen LogP contribution in [0.4, 0.5) is 0 Å². The minimum atomic E-state index is 0.264. The second kappa shape index (κ2) is 6.78. The van der Waals surface area contributed by atoms with Gasteiger partial charge in [0.1, 0.15) is 0 Å². The zero-order chi connectivity index (χ0) is 13.7. The van der Waals surface area contributed by atoms with Gasteiger partial charge in [-0.05, 0) is 50.3 Å². The quantitative estimate of drug-likeness (QED) is 0.877. The highest BCUT2D eigenvalue weighted by atomic mass is 32.1. The van der Waals surface area contributed by atoms with Crippen LogP contribution in [0.15, 0.2) is 23.6 Å². The SMILES string of the molecule is CCCNC(Cc1cc(C)cc(C)c1)c1csnn1. The first-order chi connectivity index (χ1) is 9.19. The Kier molecular flexibility index (Phi) is 5.05. The number of aromatic nitrogens is 2. The van der Waals surface area contributed by atoms with Crippen molar-refractivity contribution in [3.05, 3.63) is 46.0 Å². The van der Waals surface area contributed by atoms with E-state index in [4.69, 9.17) is 0 Å². The van der Waals surface area contributed by atoms with Crippen molar-refractivity contribution in [2.45, 2.75) is 39.7 Å². The maximum Gasteiger partial charge on any atom is 0.0928 e. The molecule has 0 spiro atoms. The van der Waals surface area contributed by atoms with Crippen LogP contribution < -0.4 is 5.32 Å². The highest BCUT2D eigenvalue weighted by Gasteiger charge is 2.14. The maximum atomic E-state index is 4.22. The first kappa shape index (κ1) is 14.2. The lowest BCUT2D eigenvalue weighted by Crippen LogP contribution is -2.24. The van der Waals surface area contributed by atoms with E-state index in [-0.39, 0.29) is 6.04 Å². The zero-order valence-electron chi connectivity index (χ0n) is 11.8. The Labute approximate surface area is 119 Å². The fraction of sp³-hybridized carbons (Fsp3) is 0.467. The van der Waals surface area contributed by atoms with Crippen LogP contribution in [-0.2, 0) is 6.42 Å². The van der Waals surface area contributed by atoms with Gasteiger partial charge in [0, 0.05) is 5.38 Å². The molecule has 0 bridgehead atoms. The predicted octanol–water partition coefficient (Wildman–Crippen LogP) is 3.44. The summed E-state index contributed by atoms with van der Waals surface area (Å²) in [6.45, 7) is 7.48. The molecule has 1 unspecified atom stereocenters. The fourth-order valence-electron chi connectivity index (χ4n) is 2.35. The molecule has 0 fully saturated rings. The molecule has 1 aromatic carbocycles. The second-order valence-electron chi connectivity index (χ2n) is 5.04. The van der Waals surface area contributed by atoms with Gasteiger partial charge in [0.25, 0.3) is 0 Å². The van der Waals surface area contributed by atoms with Crippen LogP contribution in [0.25, 0.3) is 0 Å². The molecular weight excluding hydrogens is 254 g/mol. The van der Waals surface area contributed by atoms with Crippen molar-refractivity contribution < 1.29 is 0 Å². The molecule has 0 aliphatic rings. The topological polar surface area (TPSA) is 37.8 Å². The third-order valence-corrected chi connectivity index (χ3v) is 3.62. The highest BCUT2D eigenvalue weighted by molar-refractivity contribution is 7.03. The largest absolute Gasteiger partial charge is 0.308 e. The standard InChI is InChI=1S/C15H21N3S/c1-4-5-16-14(15-10-19-18-17-15)9-13-7-11(2)6-12(3)8-13/h6-8,10,14,16H,4-5,9H2,1-3H3. The number of aryl methyl sites for hydroxylation is 2. The molecule has 1 atom stereocenters. The van der Waals surface area contributed by atoms with Gasteiger partial charge in [0.05, 0.1) is 11.7 Å². The molecule has 0 amide bonds. The average Bonchev–Trinajstić information content (AvgIpc) is 2.87. The van der Waals surface area contributed by atoms with E-state index >= 15 is 0 Å². The van der Waals surface area contributed by atoms with Crippen molar-refractivity contribution in [2.75, 3.05) is 6.54 Å². The van der Waals surface area contributed by atoms with Gasteiger partial charge in [-0.1, -0.05) is 40.7 Å². The molecule has 1 aromatic heterocycles. The van der Waals surface area contributed by atoms with Gasteiger partial charge < -0.3 is 5.32 Å². The van der Waals surface area contributed by atoms with Gasteiger partial charge in [-0.25, -0.2) is 0 Å². The Morgan fingerprint density at radius 1 is 1.21 bits per heavy atom. The van der Waals surface area contributed by atoms with Crippen molar-refractivity contribution >= 4 is 11.5 Å². The van der Waals surface area contributed by atoms with E-state index in [9.17, 15) is 0 Å². The lowest BCUT2D eigenvalue weighted by atomic mass is 10.00. The second-order valence-corrected chi connectivity index (χ2v) is 5.65. The summed E-state index contributed by atoms with van der Waals surface area (Å²) in [4.78, 5) is 0. The third kappa shape index (κ3) is 4.11. The molecule has 1 N–H and O–H groups in total. The van der Waals surface area contributed by atoms with Crippen LogP contribution in [0.5, 0.6) is 0 Å². The maximum absolute atomic E-state index is 4.22. The summed E-state index contributed by atoms with van der Waals surface area (Å²) in [6, 6.07) is 6.99. The van der Waals surface area contributed by atoms with Gasteiger partial charge in [0.15, 0.2) is 0 Å². The van der Waals surface area contributed by atoms with Crippen LogP contribution in [0.2, 0.25) is 0 Å². The Balaban J connectivity index is 2.15. The number of hydrogen-bond donors (Lipinski definition) is 1. The van der Waals surface area contributed by atoms with Crippen molar-refractivity contribution in [3.63, 3.8) is 0 Å². The van der Waals surface area contributed by atoms with Gasteiger partial charge in [-0.15, -0.1) is 5.10 Å². The first-order valence-corrected chi connectivity index (χ1v) is 7.60. The minimum absolute atomic E-state index is 0.264. The van der Waals surface area contributed by atoms with Crippen molar-refractivity contribution in [3.8, 4) is 0 Å². The Hall–Kier alpha value is -1.26. The lowest BCUT2D eigenvalue weighted by molar-refractivity contribution is 0.516. The first-order valence-electron chi connectivity index (χ1n) is 6.76. The van der Waals surface area contributed by atoms with Crippen LogP contribution in [0, 0.1) is 13.8 Å². The van der Waals surface area contributed by atoms with Crippen molar-refractivity contribution in [1.82, 2.24) is 14.9 Å². The number of nitrogens with one attached hydrogen (secondary N) is 1. The van der Waals surface area contributed by atoms with Crippen LogP contribution in [0.3, 0.4) is 0 Å². The van der Waals surface area contributed by atoms with E-state index < -0.39 is 0 Å². The van der Waals surface area contributed by atoms with Crippen molar-refractivity contribution in [2.24, 2.45) is 0 Å². The van der Waals surface area contributed by atoms with Crippen LogP contribution in [0.1, 0.15) is 41.8 Å². The molecule has 0 saturated carbocycles. The summed E-state index contributed by atoms with van der Waals surface area (Å²) in [7, 11) is 0. The van der Waals surface area contributed by atoms with E-state index in [2.05, 4.69) is 53.9 Å². The third-order valence-electron chi connectivity index (χ3n) is 3.10. The smallest absolute Gasteiger partial charge is 0.0928 e. The van der Waals surface area contributed by atoms with Gasteiger partial charge in [-0.3, -0.25) is 0 Å². The summed E-state index contributed by atoms with van der Waals surface area (Å²) in [5.41, 5.74) is 5.05. The average molecular weight is 275 g/mol. The number of benzene rings is 1. The molecular formula is C15H21N3S. The van der Waals surface area contributed by atoms with E-state index in [1.807, 2.05) is 5.38 Å². The Morgan fingerprint density at radius 3 is 2.53 bits per heavy atom. The summed E-state index contributed by atoms with van der Waals surface area (Å²) in [6.07, 6.45) is 2.09. The number of hydrogen-bond acceptors (Lipinski definition) is 4. The monoisotopic (exact) mass is 275 g/mol. The van der Waals surface area contributed by atoms with Gasteiger partial charge in [-0.2, -0.15) is 0 Å². The Morgan fingerprint density at radius 2 is 1.95 bits per heavy atom. The summed E-state index contributed by atoms with van der Waals surface area (Å²) in [5.74, 6) is 0. The summed E-state index contributed by atoms with van der Waals surface area (Å²) < 4.78 is 3.98. The molecule has 0 radical (unpaired) electrons. The molecule has 0 aliphatic heterocycles. The highest BCUT2D eigenvalue weighted by Crippen LogP contribution is 2.19. The van der Waals surface area contributed by atoms with Crippen molar-refractivity contribution in [1.29, 1.82) is 0 Å². The molecule has 0 saturated heterocycles. The van der Waals surface area contributed by atoms with Crippen LogP contribution >= 0.6 is 11.5 Å². The normalized spacial score (nSPS) is 12.6. The zero-order valence-corrected chi connectivity index (χ0v) is 12.6. The molecule has 0 aliphatic carbocycles. The molecule has 2 rings (SSSR count). The summed E-state index contributed by atoms with van der Waals surface area (Å²) in [5, 5.41) is 9.82. The molecule has 1 heterocycles. The molecule has 102 valence electrons. The van der Waals surface area contributed by atoms with E-state index in [0.29, 0.717) is 0 Å². The predicted molar refractivity (Wildman–Crippen MR) is 80.6 cm³/mol. The van der Waals surface area contributed by atoms with Gasteiger partial charge >= 0.3 is 0 Å². The van der Waals surface area contributed by atoms with Gasteiger partial charge in [0.2, 0.25) is 0 Å². The minimum Gasteiger partial charge on any atom is -0.308 e. The fourth-order valence-corrected chi connectivity index (χ4v) is 2.85. The number of nitrogens with zero attached hydrogens (tertiary/aromatic N) is 2. The van der Waals surface area contributed by atoms with E-state index in [0.717, 1.165) is 25.1 Å². The summed E-state index contributed by atoms with van der Waals surface area (Å²) >= 11 is 1.42.